The molecule has 0 atom stereocenters. The third kappa shape index (κ3) is 3.71. The molecule has 2 aliphatic rings. The number of rotatable bonds is 6. The minimum Gasteiger partial charge on any atom is -0.325 e. The largest absolute Gasteiger partial charge is 0.325 e. The minimum atomic E-state index is 0.136. The standard InChI is InChI=1S/C16H33N3/c1-18(2)16(10-7-11-16)14-19(3)13-12-15(17)8-5-4-6-9-15/h4-14,17H2,1-3H3. The van der Waals surface area contributed by atoms with Crippen LogP contribution in [0.4, 0.5) is 0 Å². The van der Waals surface area contributed by atoms with Crippen molar-refractivity contribution in [3.8, 4) is 0 Å². The molecule has 0 saturated heterocycles. The summed E-state index contributed by atoms with van der Waals surface area (Å²) < 4.78 is 0. The fourth-order valence-electron chi connectivity index (χ4n) is 3.83. The zero-order valence-corrected chi connectivity index (χ0v) is 13.2. The molecule has 3 nitrogen and oxygen atoms in total. The molecule has 0 heterocycles. The van der Waals surface area contributed by atoms with Crippen molar-refractivity contribution in [1.82, 2.24) is 9.80 Å². The SMILES string of the molecule is CN(CCC1(N)CCCCC1)CC1(N(C)C)CCC1. The highest BCUT2D eigenvalue weighted by Gasteiger charge is 2.40. The Kier molecular flexibility index (Phi) is 4.91. The van der Waals surface area contributed by atoms with Gasteiger partial charge in [-0.3, -0.25) is 0 Å². The molecule has 0 radical (unpaired) electrons. The van der Waals surface area contributed by atoms with E-state index in [0.29, 0.717) is 5.54 Å². The summed E-state index contributed by atoms with van der Waals surface area (Å²) in [6.45, 7) is 2.36. The highest BCUT2D eigenvalue weighted by molar-refractivity contribution is 4.98. The highest BCUT2D eigenvalue weighted by atomic mass is 15.2. The van der Waals surface area contributed by atoms with E-state index in [9.17, 15) is 0 Å². The third-order valence-electron chi connectivity index (χ3n) is 5.64. The molecular formula is C16H33N3. The molecule has 0 amide bonds. The second-order valence-electron chi connectivity index (χ2n) is 7.38. The molecule has 2 rings (SSSR count). The summed E-state index contributed by atoms with van der Waals surface area (Å²) in [6, 6.07) is 0. The summed E-state index contributed by atoms with van der Waals surface area (Å²) in [5, 5.41) is 0. The molecule has 0 aliphatic heterocycles. The second kappa shape index (κ2) is 6.11. The van der Waals surface area contributed by atoms with Crippen LogP contribution in [-0.2, 0) is 0 Å². The Bertz CT molecular complexity index is 278. The van der Waals surface area contributed by atoms with Gasteiger partial charge in [-0.05, 0) is 66.2 Å². The van der Waals surface area contributed by atoms with Crippen molar-refractivity contribution in [1.29, 1.82) is 0 Å². The van der Waals surface area contributed by atoms with Crippen molar-refractivity contribution in [3.63, 3.8) is 0 Å². The predicted octanol–water partition coefficient (Wildman–Crippen LogP) is 2.45. The minimum absolute atomic E-state index is 0.136. The van der Waals surface area contributed by atoms with Crippen molar-refractivity contribution in [2.24, 2.45) is 5.73 Å². The Hall–Kier alpha value is -0.120. The zero-order chi connectivity index (χ0) is 13.9. The van der Waals surface area contributed by atoms with Crippen LogP contribution in [0, 0.1) is 0 Å². The van der Waals surface area contributed by atoms with Gasteiger partial charge in [0, 0.05) is 17.6 Å². The molecule has 0 aromatic carbocycles. The maximum absolute atomic E-state index is 6.54. The van der Waals surface area contributed by atoms with Gasteiger partial charge in [-0.15, -0.1) is 0 Å². The lowest BCUT2D eigenvalue weighted by Crippen LogP contribution is -2.57. The average molecular weight is 267 g/mol. The molecule has 2 aliphatic carbocycles. The van der Waals surface area contributed by atoms with E-state index in [-0.39, 0.29) is 5.54 Å². The molecule has 19 heavy (non-hydrogen) atoms. The van der Waals surface area contributed by atoms with Gasteiger partial charge in [-0.1, -0.05) is 19.3 Å². The van der Waals surface area contributed by atoms with Crippen LogP contribution < -0.4 is 5.73 Å². The van der Waals surface area contributed by atoms with Crippen LogP contribution in [0.3, 0.4) is 0 Å². The smallest absolute Gasteiger partial charge is 0.0330 e. The first-order chi connectivity index (χ1) is 8.96. The molecule has 0 aromatic rings. The van der Waals surface area contributed by atoms with E-state index in [2.05, 4.69) is 30.9 Å². The van der Waals surface area contributed by atoms with Gasteiger partial charge in [-0.2, -0.15) is 0 Å². The van der Waals surface area contributed by atoms with Gasteiger partial charge in [0.2, 0.25) is 0 Å². The molecule has 3 heteroatoms. The molecule has 2 fully saturated rings. The molecular weight excluding hydrogens is 234 g/mol. The van der Waals surface area contributed by atoms with Crippen molar-refractivity contribution in [2.75, 3.05) is 34.2 Å². The molecule has 0 spiro atoms. The summed E-state index contributed by atoms with van der Waals surface area (Å²) in [5.74, 6) is 0. The first-order valence-electron chi connectivity index (χ1n) is 8.11. The molecule has 2 saturated carbocycles. The Balaban J connectivity index is 1.76. The van der Waals surface area contributed by atoms with Crippen LogP contribution in [0.25, 0.3) is 0 Å². The zero-order valence-electron chi connectivity index (χ0n) is 13.2. The van der Waals surface area contributed by atoms with Crippen molar-refractivity contribution < 1.29 is 0 Å². The van der Waals surface area contributed by atoms with Crippen LogP contribution in [0.1, 0.15) is 57.8 Å². The fraction of sp³-hybridized carbons (Fsp3) is 1.00. The van der Waals surface area contributed by atoms with Gasteiger partial charge in [0.05, 0.1) is 0 Å². The summed E-state index contributed by atoms with van der Waals surface area (Å²) in [6.07, 6.45) is 11.8. The Labute approximate surface area is 119 Å². The normalized spacial score (nSPS) is 25.6. The number of hydrogen-bond donors (Lipinski definition) is 1. The van der Waals surface area contributed by atoms with Gasteiger partial charge in [-0.25, -0.2) is 0 Å². The van der Waals surface area contributed by atoms with Crippen molar-refractivity contribution in [2.45, 2.75) is 68.9 Å². The van der Waals surface area contributed by atoms with E-state index in [1.807, 2.05) is 0 Å². The lowest BCUT2D eigenvalue weighted by molar-refractivity contribution is 0.0255. The lowest BCUT2D eigenvalue weighted by atomic mass is 9.75. The summed E-state index contributed by atoms with van der Waals surface area (Å²) in [4.78, 5) is 4.95. The average Bonchev–Trinajstić information content (AvgIpc) is 2.32. The van der Waals surface area contributed by atoms with Gasteiger partial charge >= 0.3 is 0 Å². The monoisotopic (exact) mass is 267 g/mol. The van der Waals surface area contributed by atoms with Crippen LogP contribution in [0.2, 0.25) is 0 Å². The van der Waals surface area contributed by atoms with E-state index in [1.54, 1.807) is 0 Å². The highest BCUT2D eigenvalue weighted by Crippen LogP contribution is 2.37. The number of hydrogen-bond acceptors (Lipinski definition) is 3. The van der Waals surface area contributed by atoms with Crippen LogP contribution in [-0.4, -0.2) is 55.1 Å². The van der Waals surface area contributed by atoms with E-state index in [4.69, 9.17) is 5.73 Å². The van der Waals surface area contributed by atoms with Gasteiger partial charge in [0.15, 0.2) is 0 Å². The molecule has 0 unspecified atom stereocenters. The third-order valence-corrected chi connectivity index (χ3v) is 5.64. The first-order valence-corrected chi connectivity index (χ1v) is 8.11. The van der Waals surface area contributed by atoms with E-state index in [1.165, 1.54) is 64.3 Å². The van der Waals surface area contributed by atoms with E-state index >= 15 is 0 Å². The molecule has 0 bridgehead atoms. The summed E-state index contributed by atoms with van der Waals surface area (Å²) in [5.41, 5.74) is 7.12. The summed E-state index contributed by atoms with van der Waals surface area (Å²) >= 11 is 0. The van der Waals surface area contributed by atoms with E-state index < -0.39 is 0 Å². The van der Waals surface area contributed by atoms with Crippen LogP contribution >= 0.6 is 0 Å². The predicted molar refractivity (Wildman–Crippen MR) is 82.4 cm³/mol. The maximum Gasteiger partial charge on any atom is 0.0330 e. The van der Waals surface area contributed by atoms with Crippen molar-refractivity contribution >= 4 is 0 Å². The van der Waals surface area contributed by atoms with Gasteiger partial charge in [0.1, 0.15) is 0 Å². The Morgan fingerprint density at radius 3 is 2.00 bits per heavy atom. The van der Waals surface area contributed by atoms with Crippen molar-refractivity contribution in [3.05, 3.63) is 0 Å². The van der Waals surface area contributed by atoms with Gasteiger partial charge in [0.25, 0.3) is 0 Å². The quantitative estimate of drug-likeness (QED) is 0.802. The first kappa shape index (κ1) is 15.3. The maximum atomic E-state index is 6.54. The van der Waals surface area contributed by atoms with Crippen LogP contribution in [0.5, 0.6) is 0 Å². The lowest BCUT2D eigenvalue weighted by Gasteiger charge is -2.49. The van der Waals surface area contributed by atoms with Gasteiger partial charge < -0.3 is 15.5 Å². The van der Waals surface area contributed by atoms with E-state index in [0.717, 1.165) is 6.54 Å². The second-order valence-corrected chi connectivity index (χ2v) is 7.38. The molecule has 0 aromatic heterocycles. The number of likely N-dealkylation sites (N-methyl/N-ethyl adjacent to an activating group) is 2. The number of nitrogens with two attached hydrogens (primary N) is 1. The Morgan fingerprint density at radius 1 is 0.895 bits per heavy atom. The molecule has 112 valence electrons. The summed E-state index contributed by atoms with van der Waals surface area (Å²) in [7, 11) is 6.74. The van der Waals surface area contributed by atoms with Crippen LogP contribution in [0.15, 0.2) is 0 Å². The Morgan fingerprint density at radius 2 is 1.53 bits per heavy atom. The fourth-order valence-corrected chi connectivity index (χ4v) is 3.83. The molecule has 2 N–H and O–H groups in total. The number of nitrogens with zero attached hydrogens (tertiary/aromatic N) is 2. The topological polar surface area (TPSA) is 32.5 Å².